The lowest BCUT2D eigenvalue weighted by Gasteiger charge is -1.98. The van der Waals surface area contributed by atoms with Crippen LogP contribution < -0.4 is 0 Å². The van der Waals surface area contributed by atoms with Gasteiger partial charge in [0.1, 0.15) is 6.61 Å². The van der Waals surface area contributed by atoms with Crippen molar-refractivity contribution >= 4 is 0 Å². The second-order valence-electron chi connectivity index (χ2n) is 2.48. The average Bonchev–Trinajstić information content (AvgIpc) is 2.16. The van der Waals surface area contributed by atoms with Crippen molar-refractivity contribution in [2.75, 3.05) is 33.0 Å². The van der Waals surface area contributed by atoms with Gasteiger partial charge < -0.3 is 9.47 Å². The first-order chi connectivity index (χ1) is 6.41. The second-order valence-corrected chi connectivity index (χ2v) is 2.48. The molecule has 0 bridgehead atoms. The Morgan fingerprint density at radius 2 is 2.08 bits per heavy atom. The first-order valence-electron chi connectivity index (χ1n) is 4.61. The van der Waals surface area contributed by atoms with E-state index in [0.29, 0.717) is 26.4 Å². The van der Waals surface area contributed by atoms with Crippen LogP contribution in [0.3, 0.4) is 0 Å². The second kappa shape index (κ2) is 11.5. The first-order valence-corrected chi connectivity index (χ1v) is 4.61. The fourth-order valence-corrected chi connectivity index (χ4v) is 0.684. The normalized spacial score (nSPS) is 9.92. The minimum atomic E-state index is 0.500. The molecule has 0 fully saturated rings. The van der Waals surface area contributed by atoms with E-state index in [1.807, 2.05) is 0 Å². The highest BCUT2D eigenvalue weighted by molar-refractivity contribution is 4.64. The van der Waals surface area contributed by atoms with E-state index in [4.69, 9.17) is 14.2 Å². The quantitative estimate of drug-likeness (QED) is 0.296. The molecule has 0 aromatic heterocycles. The van der Waals surface area contributed by atoms with E-state index in [2.05, 4.69) is 13.5 Å². The van der Waals surface area contributed by atoms with E-state index in [-0.39, 0.29) is 0 Å². The van der Waals surface area contributed by atoms with Crippen LogP contribution in [0.4, 0.5) is 0 Å². The lowest BCUT2D eigenvalue weighted by atomic mass is 10.5. The van der Waals surface area contributed by atoms with Crippen LogP contribution in [0.1, 0.15) is 13.3 Å². The summed E-state index contributed by atoms with van der Waals surface area (Å²) in [5.41, 5.74) is 0. The third-order valence-corrected chi connectivity index (χ3v) is 1.23. The summed E-state index contributed by atoms with van der Waals surface area (Å²) in [4.78, 5) is 0. The minimum Gasteiger partial charge on any atom is -0.379 e. The van der Waals surface area contributed by atoms with Gasteiger partial charge in [0.25, 0.3) is 6.61 Å². The molecule has 76 valence electrons. The lowest BCUT2D eigenvalue weighted by Crippen LogP contribution is -2.05. The number of ether oxygens (including phenoxy) is 3. The molecule has 0 aliphatic heterocycles. The summed E-state index contributed by atoms with van der Waals surface area (Å²) in [5, 5.41) is 0. The van der Waals surface area contributed by atoms with Crippen molar-refractivity contribution < 1.29 is 14.2 Å². The molecule has 0 amide bonds. The van der Waals surface area contributed by atoms with Gasteiger partial charge in [-0.3, -0.25) is 0 Å². The van der Waals surface area contributed by atoms with Crippen LogP contribution >= 0.6 is 0 Å². The third-order valence-electron chi connectivity index (χ3n) is 1.23. The molecular formula is C10H19O3+. The van der Waals surface area contributed by atoms with Crippen LogP contribution in [0.2, 0.25) is 0 Å². The molecule has 0 aromatic carbocycles. The summed E-state index contributed by atoms with van der Waals surface area (Å²) in [6.45, 7) is 10.3. The van der Waals surface area contributed by atoms with Crippen LogP contribution in [0.25, 0.3) is 0 Å². The van der Waals surface area contributed by atoms with Crippen molar-refractivity contribution in [3.63, 3.8) is 0 Å². The summed E-state index contributed by atoms with van der Waals surface area (Å²) in [6.07, 6.45) is 2.75. The minimum absolute atomic E-state index is 0.500. The van der Waals surface area contributed by atoms with E-state index in [1.54, 1.807) is 12.7 Å². The Labute approximate surface area is 80.7 Å². The van der Waals surface area contributed by atoms with Gasteiger partial charge in [-0.1, -0.05) is 13.0 Å². The predicted octanol–water partition coefficient (Wildman–Crippen LogP) is 1.79. The largest absolute Gasteiger partial charge is 0.379 e. The van der Waals surface area contributed by atoms with Gasteiger partial charge in [0.05, 0.1) is 13.2 Å². The third kappa shape index (κ3) is 11.5. The fourth-order valence-electron chi connectivity index (χ4n) is 0.684. The zero-order valence-corrected chi connectivity index (χ0v) is 8.33. The van der Waals surface area contributed by atoms with Crippen molar-refractivity contribution in [3.8, 4) is 0 Å². The van der Waals surface area contributed by atoms with Gasteiger partial charge in [-0.15, -0.1) is 6.58 Å². The van der Waals surface area contributed by atoms with Gasteiger partial charge in [0.2, 0.25) is 6.61 Å². The summed E-state index contributed by atoms with van der Waals surface area (Å²) in [7, 11) is 0. The Morgan fingerprint density at radius 1 is 1.23 bits per heavy atom. The zero-order chi connectivity index (χ0) is 9.78. The molecule has 0 aromatic rings. The highest BCUT2D eigenvalue weighted by Crippen LogP contribution is 1.86. The smallest absolute Gasteiger partial charge is 0.254 e. The molecule has 3 heteroatoms. The van der Waals surface area contributed by atoms with Crippen molar-refractivity contribution in [2.45, 2.75) is 13.3 Å². The van der Waals surface area contributed by atoms with Crippen molar-refractivity contribution in [3.05, 3.63) is 19.3 Å². The number of hydrogen-bond acceptors (Lipinski definition) is 3. The lowest BCUT2D eigenvalue weighted by molar-refractivity contribution is 0.0516. The Morgan fingerprint density at radius 3 is 2.77 bits per heavy atom. The predicted molar refractivity (Wildman–Crippen MR) is 52.4 cm³/mol. The molecule has 0 radical (unpaired) electrons. The molecule has 0 spiro atoms. The van der Waals surface area contributed by atoms with E-state index in [0.717, 1.165) is 13.0 Å². The van der Waals surface area contributed by atoms with Crippen LogP contribution in [-0.4, -0.2) is 33.0 Å². The Hall–Kier alpha value is -0.510. The maximum atomic E-state index is 5.21. The molecule has 0 heterocycles. The standard InChI is InChI=1S/C10H19O3/c1-3-5-11-7-9-13-10-8-12-6-4-2/h3,9H,1,4-8,10H2,2H3/q+1. The van der Waals surface area contributed by atoms with Crippen LogP contribution in [0.5, 0.6) is 0 Å². The summed E-state index contributed by atoms with van der Waals surface area (Å²) in [5.74, 6) is 0. The van der Waals surface area contributed by atoms with E-state index >= 15 is 0 Å². The molecule has 0 atom stereocenters. The molecule has 0 N–H and O–H groups in total. The molecule has 0 rings (SSSR count). The van der Waals surface area contributed by atoms with Gasteiger partial charge in [-0.25, -0.2) is 0 Å². The topological polar surface area (TPSA) is 27.7 Å². The van der Waals surface area contributed by atoms with Gasteiger partial charge in [-0.2, -0.15) is 4.74 Å². The summed E-state index contributed by atoms with van der Waals surface area (Å²) in [6, 6.07) is 0. The Kier molecular flexibility index (Phi) is 11.0. The van der Waals surface area contributed by atoms with E-state index < -0.39 is 0 Å². The van der Waals surface area contributed by atoms with Crippen molar-refractivity contribution in [1.82, 2.24) is 0 Å². The molecule has 13 heavy (non-hydrogen) atoms. The van der Waals surface area contributed by atoms with Crippen LogP contribution in [0, 0.1) is 6.61 Å². The molecule has 0 saturated heterocycles. The number of rotatable bonds is 10. The van der Waals surface area contributed by atoms with Crippen LogP contribution in [-0.2, 0) is 14.2 Å². The highest BCUT2D eigenvalue weighted by atomic mass is 16.5. The van der Waals surface area contributed by atoms with Crippen molar-refractivity contribution in [2.24, 2.45) is 0 Å². The van der Waals surface area contributed by atoms with Gasteiger partial charge in [0.15, 0.2) is 0 Å². The van der Waals surface area contributed by atoms with E-state index in [9.17, 15) is 0 Å². The highest BCUT2D eigenvalue weighted by Gasteiger charge is 1.98. The fraction of sp³-hybridized carbons (Fsp3) is 0.700. The molecule has 0 unspecified atom stereocenters. The SMILES string of the molecule is C=CCOC[CH+]OCCOCCC. The monoisotopic (exact) mass is 187 g/mol. The first kappa shape index (κ1) is 12.5. The summed E-state index contributed by atoms with van der Waals surface area (Å²) < 4.78 is 15.4. The van der Waals surface area contributed by atoms with Crippen molar-refractivity contribution in [1.29, 1.82) is 0 Å². The van der Waals surface area contributed by atoms with Gasteiger partial charge in [-0.05, 0) is 6.42 Å². The number of hydrogen-bond donors (Lipinski definition) is 0. The van der Waals surface area contributed by atoms with Gasteiger partial charge in [0, 0.05) is 6.61 Å². The van der Waals surface area contributed by atoms with Crippen LogP contribution in [0.15, 0.2) is 12.7 Å². The van der Waals surface area contributed by atoms with Gasteiger partial charge >= 0.3 is 0 Å². The maximum absolute atomic E-state index is 5.21. The molecular weight excluding hydrogens is 168 g/mol. The molecule has 0 saturated carbocycles. The summed E-state index contributed by atoms with van der Waals surface area (Å²) >= 11 is 0. The molecule has 0 aliphatic carbocycles. The molecule has 0 aliphatic rings. The average molecular weight is 187 g/mol. The Balaban J connectivity index is 2.79. The maximum Gasteiger partial charge on any atom is 0.254 e. The Bertz CT molecular complexity index is 104. The molecule has 3 nitrogen and oxygen atoms in total. The zero-order valence-electron chi connectivity index (χ0n) is 8.33. The van der Waals surface area contributed by atoms with E-state index in [1.165, 1.54) is 0 Å².